The van der Waals surface area contributed by atoms with Crippen LogP contribution in [0.4, 0.5) is 5.69 Å². The Kier molecular flexibility index (Phi) is 3.77. The van der Waals surface area contributed by atoms with Gasteiger partial charge in [-0.1, -0.05) is 22.0 Å². The third kappa shape index (κ3) is 2.96. The van der Waals surface area contributed by atoms with E-state index in [-0.39, 0.29) is 5.91 Å². The van der Waals surface area contributed by atoms with E-state index in [1.165, 1.54) is 0 Å². The first-order valence-electron chi connectivity index (χ1n) is 5.56. The lowest BCUT2D eigenvalue weighted by molar-refractivity contribution is 0.102. The number of carbonyl (C=O) groups is 1. The molecule has 1 amide bonds. The van der Waals surface area contributed by atoms with Gasteiger partial charge in [0.05, 0.1) is 11.9 Å². The molecule has 1 heterocycles. The third-order valence-electron chi connectivity index (χ3n) is 2.61. The minimum atomic E-state index is -0.126. The van der Waals surface area contributed by atoms with E-state index in [1.807, 2.05) is 44.2 Å². The quantitative estimate of drug-likeness (QED) is 0.919. The van der Waals surface area contributed by atoms with Gasteiger partial charge in [-0.05, 0) is 43.7 Å². The van der Waals surface area contributed by atoms with Crippen LogP contribution in [0.5, 0.6) is 0 Å². The Morgan fingerprint density at radius 1 is 1.22 bits per heavy atom. The molecule has 0 bridgehead atoms. The first-order valence-corrected chi connectivity index (χ1v) is 6.36. The van der Waals surface area contributed by atoms with Crippen molar-refractivity contribution in [3.05, 3.63) is 57.8 Å². The molecule has 92 valence electrons. The van der Waals surface area contributed by atoms with E-state index in [4.69, 9.17) is 0 Å². The summed E-state index contributed by atoms with van der Waals surface area (Å²) in [5.41, 5.74) is 3.22. The molecular formula is C14H13BrN2O. The molecule has 0 aliphatic heterocycles. The van der Waals surface area contributed by atoms with E-state index in [0.29, 0.717) is 11.3 Å². The number of aryl methyl sites for hydroxylation is 2. The van der Waals surface area contributed by atoms with Crippen molar-refractivity contribution in [1.29, 1.82) is 0 Å². The molecule has 2 aromatic rings. The summed E-state index contributed by atoms with van der Waals surface area (Å²) in [6.45, 7) is 3.82. The zero-order chi connectivity index (χ0) is 13.1. The fraction of sp³-hybridized carbons (Fsp3) is 0.143. The predicted molar refractivity (Wildman–Crippen MR) is 75.8 cm³/mol. The van der Waals surface area contributed by atoms with Crippen LogP contribution in [-0.2, 0) is 0 Å². The first kappa shape index (κ1) is 12.8. The fourth-order valence-electron chi connectivity index (χ4n) is 1.58. The molecule has 0 atom stereocenters. The number of hydrogen-bond acceptors (Lipinski definition) is 2. The highest BCUT2D eigenvalue weighted by Gasteiger charge is 2.09. The normalized spacial score (nSPS) is 10.2. The number of pyridine rings is 1. The highest BCUT2D eigenvalue weighted by molar-refractivity contribution is 9.10. The highest BCUT2D eigenvalue weighted by atomic mass is 79.9. The van der Waals surface area contributed by atoms with Gasteiger partial charge in [0.25, 0.3) is 5.91 Å². The molecule has 4 heteroatoms. The number of rotatable bonds is 2. The summed E-state index contributed by atoms with van der Waals surface area (Å²) in [6, 6.07) is 9.34. The minimum absolute atomic E-state index is 0.126. The number of halogens is 1. The van der Waals surface area contributed by atoms with Crippen molar-refractivity contribution in [2.75, 3.05) is 5.32 Å². The van der Waals surface area contributed by atoms with Gasteiger partial charge in [0.1, 0.15) is 0 Å². The van der Waals surface area contributed by atoms with Crippen molar-refractivity contribution in [3.8, 4) is 0 Å². The molecule has 0 saturated carbocycles. The largest absolute Gasteiger partial charge is 0.321 e. The van der Waals surface area contributed by atoms with E-state index in [2.05, 4.69) is 26.2 Å². The van der Waals surface area contributed by atoms with Gasteiger partial charge in [0, 0.05) is 15.7 Å². The number of hydrogen-bond donors (Lipinski definition) is 1. The second kappa shape index (κ2) is 5.31. The molecule has 0 aliphatic rings. The van der Waals surface area contributed by atoms with Crippen molar-refractivity contribution in [2.45, 2.75) is 13.8 Å². The monoisotopic (exact) mass is 304 g/mol. The smallest absolute Gasteiger partial charge is 0.256 e. The topological polar surface area (TPSA) is 42.0 Å². The zero-order valence-electron chi connectivity index (χ0n) is 10.2. The molecule has 0 spiro atoms. The second-order valence-electron chi connectivity index (χ2n) is 4.10. The lowest BCUT2D eigenvalue weighted by Gasteiger charge is -2.08. The molecule has 2 rings (SSSR count). The van der Waals surface area contributed by atoms with E-state index >= 15 is 0 Å². The SMILES string of the molecule is Cc1ccc(NC(=O)c2cc(Br)ccc2C)cn1. The average Bonchev–Trinajstić information content (AvgIpc) is 2.35. The van der Waals surface area contributed by atoms with E-state index in [9.17, 15) is 4.79 Å². The highest BCUT2D eigenvalue weighted by Crippen LogP contribution is 2.17. The van der Waals surface area contributed by atoms with Crippen molar-refractivity contribution in [2.24, 2.45) is 0 Å². The molecular weight excluding hydrogens is 292 g/mol. The molecule has 1 aromatic carbocycles. The Labute approximate surface area is 114 Å². The number of anilines is 1. The zero-order valence-corrected chi connectivity index (χ0v) is 11.8. The molecule has 3 nitrogen and oxygen atoms in total. The summed E-state index contributed by atoms with van der Waals surface area (Å²) >= 11 is 3.37. The van der Waals surface area contributed by atoms with Crippen LogP contribution < -0.4 is 5.32 Å². The van der Waals surface area contributed by atoms with Crippen LogP contribution in [-0.4, -0.2) is 10.9 Å². The van der Waals surface area contributed by atoms with Crippen LogP contribution in [0.1, 0.15) is 21.6 Å². The number of benzene rings is 1. The molecule has 0 radical (unpaired) electrons. The number of carbonyl (C=O) groups excluding carboxylic acids is 1. The molecule has 0 aliphatic carbocycles. The fourth-order valence-corrected chi connectivity index (χ4v) is 1.94. The molecule has 0 unspecified atom stereocenters. The summed E-state index contributed by atoms with van der Waals surface area (Å²) in [5.74, 6) is -0.126. The summed E-state index contributed by atoms with van der Waals surface area (Å²) in [7, 11) is 0. The molecule has 0 fully saturated rings. The Bertz CT molecular complexity index is 579. The van der Waals surface area contributed by atoms with Crippen LogP contribution in [0, 0.1) is 13.8 Å². The lowest BCUT2D eigenvalue weighted by Crippen LogP contribution is -2.13. The first-order chi connectivity index (χ1) is 8.56. The third-order valence-corrected chi connectivity index (χ3v) is 3.11. The van der Waals surface area contributed by atoms with Crippen LogP contribution in [0.15, 0.2) is 41.0 Å². The van der Waals surface area contributed by atoms with Gasteiger partial charge in [0.2, 0.25) is 0 Å². The van der Waals surface area contributed by atoms with Crippen molar-refractivity contribution < 1.29 is 4.79 Å². The Morgan fingerprint density at radius 3 is 2.67 bits per heavy atom. The summed E-state index contributed by atoms with van der Waals surface area (Å²) in [4.78, 5) is 16.3. The summed E-state index contributed by atoms with van der Waals surface area (Å²) in [6.07, 6.45) is 1.65. The van der Waals surface area contributed by atoms with E-state index in [1.54, 1.807) is 6.20 Å². The lowest BCUT2D eigenvalue weighted by atomic mass is 10.1. The predicted octanol–water partition coefficient (Wildman–Crippen LogP) is 3.71. The van der Waals surface area contributed by atoms with Crippen LogP contribution >= 0.6 is 15.9 Å². The van der Waals surface area contributed by atoms with Crippen molar-refractivity contribution >= 4 is 27.5 Å². The number of nitrogens with one attached hydrogen (secondary N) is 1. The summed E-state index contributed by atoms with van der Waals surface area (Å²) < 4.78 is 0.889. The minimum Gasteiger partial charge on any atom is -0.321 e. The maximum absolute atomic E-state index is 12.1. The van der Waals surface area contributed by atoms with Gasteiger partial charge in [-0.25, -0.2) is 0 Å². The van der Waals surface area contributed by atoms with E-state index < -0.39 is 0 Å². The van der Waals surface area contributed by atoms with Crippen LogP contribution in [0.3, 0.4) is 0 Å². The number of nitrogens with zero attached hydrogens (tertiary/aromatic N) is 1. The summed E-state index contributed by atoms with van der Waals surface area (Å²) in [5, 5.41) is 2.83. The molecule has 18 heavy (non-hydrogen) atoms. The Hall–Kier alpha value is -1.68. The molecule has 1 aromatic heterocycles. The van der Waals surface area contributed by atoms with Gasteiger partial charge in [-0.3, -0.25) is 9.78 Å². The number of aromatic nitrogens is 1. The van der Waals surface area contributed by atoms with Crippen LogP contribution in [0.25, 0.3) is 0 Å². The Morgan fingerprint density at radius 2 is 2.00 bits per heavy atom. The molecule has 0 saturated heterocycles. The van der Waals surface area contributed by atoms with Gasteiger partial charge < -0.3 is 5.32 Å². The van der Waals surface area contributed by atoms with Gasteiger partial charge in [-0.15, -0.1) is 0 Å². The standard InChI is InChI=1S/C14H13BrN2O/c1-9-3-5-11(15)7-13(9)14(18)17-12-6-4-10(2)16-8-12/h3-8H,1-2H3,(H,17,18). The number of amides is 1. The van der Waals surface area contributed by atoms with Gasteiger partial charge in [0.15, 0.2) is 0 Å². The van der Waals surface area contributed by atoms with Crippen molar-refractivity contribution in [3.63, 3.8) is 0 Å². The maximum Gasteiger partial charge on any atom is 0.256 e. The molecule has 1 N–H and O–H groups in total. The average molecular weight is 305 g/mol. The van der Waals surface area contributed by atoms with Crippen molar-refractivity contribution in [1.82, 2.24) is 4.98 Å². The maximum atomic E-state index is 12.1. The van der Waals surface area contributed by atoms with E-state index in [0.717, 1.165) is 15.7 Å². The Balaban J connectivity index is 2.21. The van der Waals surface area contributed by atoms with Crippen LogP contribution in [0.2, 0.25) is 0 Å². The second-order valence-corrected chi connectivity index (χ2v) is 5.02. The van der Waals surface area contributed by atoms with Gasteiger partial charge >= 0.3 is 0 Å². The van der Waals surface area contributed by atoms with Gasteiger partial charge in [-0.2, -0.15) is 0 Å².